The molecule has 3 aromatic heterocycles. The molecule has 2 saturated heterocycles. The van der Waals surface area contributed by atoms with E-state index in [-0.39, 0.29) is 5.63 Å². The van der Waals surface area contributed by atoms with Crippen molar-refractivity contribution in [2.75, 3.05) is 31.1 Å². The predicted molar refractivity (Wildman–Crippen MR) is 123 cm³/mol. The van der Waals surface area contributed by atoms with Crippen LogP contribution < -0.4 is 10.5 Å². The Bertz CT molecular complexity index is 1370. The van der Waals surface area contributed by atoms with E-state index in [1.165, 1.54) is 19.4 Å². The molecule has 0 N–H and O–H groups in total. The molecule has 5 heterocycles. The highest BCUT2D eigenvalue weighted by molar-refractivity contribution is 5.85. The number of nitrogens with zero attached hydrogens (tertiary/aromatic N) is 4. The van der Waals surface area contributed by atoms with Crippen molar-refractivity contribution < 1.29 is 4.42 Å². The van der Waals surface area contributed by atoms with Gasteiger partial charge in [-0.25, -0.2) is 4.79 Å². The molecular weight excluding hydrogens is 388 g/mol. The number of piperazine rings is 1. The van der Waals surface area contributed by atoms with Gasteiger partial charge in [-0.05, 0) is 57.5 Å². The predicted octanol–water partition coefficient (Wildman–Crippen LogP) is 4.01. The molecule has 2 fully saturated rings. The lowest BCUT2D eigenvalue weighted by Crippen LogP contribution is -2.50. The molecule has 31 heavy (non-hydrogen) atoms. The number of fused-ring (bicyclic) bond motifs is 3. The number of benzene rings is 1. The zero-order valence-electron chi connectivity index (χ0n) is 18.0. The van der Waals surface area contributed by atoms with Crippen LogP contribution in [0.4, 0.5) is 5.69 Å². The fourth-order valence-electron chi connectivity index (χ4n) is 5.30. The monoisotopic (exact) mass is 414 g/mol. The lowest BCUT2D eigenvalue weighted by Gasteiger charge is -2.38. The van der Waals surface area contributed by atoms with Gasteiger partial charge >= 0.3 is 5.63 Å². The zero-order chi connectivity index (χ0) is 21.1. The summed E-state index contributed by atoms with van der Waals surface area (Å²) in [7, 11) is 0. The fraction of sp³-hybridized carbons (Fsp3) is 0.360. The standard InChI is InChI=1S/C25H26N4O2/c1-16-13-29-14-19(11-23(29)17(2)26-16)22-10-18-5-6-20(12-24(18)31-25(22)30)28-9-8-27-7-3-4-21(27)15-28/h5-6,10-14,21H,3-4,7-9,15H2,1-2H3. The van der Waals surface area contributed by atoms with E-state index in [0.29, 0.717) is 17.2 Å². The molecule has 6 nitrogen and oxygen atoms in total. The van der Waals surface area contributed by atoms with Gasteiger partial charge in [-0.2, -0.15) is 0 Å². The third-order valence-electron chi connectivity index (χ3n) is 6.87. The SMILES string of the molecule is Cc1cn2cc(-c3cc4ccc(N5CCN6CCCC6C5)cc4oc3=O)cc2c(C)n1. The van der Waals surface area contributed by atoms with Gasteiger partial charge in [0.05, 0.1) is 22.5 Å². The maximum atomic E-state index is 12.9. The summed E-state index contributed by atoms with van der Waals surface area (Å²) < 4.78 is 7.83. The Labute approximate surface area is 180 Å². The molecule has 1 atom stereocenters. The summed E-state index contributed by atoms with van der Waals surface area (Å²) in [5.41, 5.74) is 5.82. The van der Waals surface area contributed by atoms with E-state index in [4.69, 9.17) is 4.42 Å². The second-order valence-corrected chi connectivity index (χ2v) is 8.94. The molecule has 2 aliphatic heterocycles. The normalized spacial score (nSPS) is 19.4. The number of aryl methyl sites for hydroxylation is 2. The molecule has 0 bridgehead atoms. The van der Waals surface area contributed by atoms with Crippen molar-refractivity contribution in [2.45, 2.75) is 32.7 Å². The molecule has 2 aliphatic rings. The molecule has 0 aliphatic carbocycles. The van der Waals surface area contributed by atoms with Gasteiger partial charge in [-0.1, -0.05) is 0 Å². The van der Waals surface area contributed by atoms with Crippen LogP contribution in [0.3, 0.4) is 0 Å². The maximum absolute atomic E-state index is 12.9. The minimum absolute atomic E-state index is 0.302. The van der Waals surface area contributed by atoms with Crippen LogP contribution in [0.15, 0.2) is 51.9 Å². The molecule has 1 unspecified atom stereocenters. The van der Waals surface area contributed by atoms with Gasteiger partial charge in [-0.15, -0.1) is 0 Å². The zero-order valence-corrected chi connectivity index (χ0v) is 18.0. The first-order valence-electron chi connectivity index (χ1n) is 11.1. The Hall–Kier alpha value is -3.12. The Balaban J connectivity index is 1.37. The van der Waals surface area contributed by atoms with Crippen molar-refractivity contribution in [2.24, 2.45) is 0 Å². The summed E-state index contributed by atoms with van der Waals surface area (Å²) in [6, 6.07) is 10.9. The van der Waals surface area contributed by atoms with Crippen molar-refractivity contribution >= 4 is 22.2 Å². The smallest absolute Gasteiger partial charge is 0.344 e. The van der Waals surface area contributed by atoms with E-state index in [9.17, 15) is 4.79 Å². The third kappa shape index (κ3) is 3.13. The minimum atomic E-state index is -0.302. The van der Waals surface area contributed by atoms with Gasteiger partial charge in [0.2, 0.25) is 0 Å². The van der Waals surface area contributed by atoms with Crippen LogP contribution in [0.25, 0.3) is 27.6 Å². The first kappa shape index (κ1) is 18.6. The van der Waals surface area contributed by atoms with Crippen LogP contribution in [0.5, 0.6) is 0 Å². The largest absolute Gasteiger partial charge is 0.422 e. The van der Waals surface area contributed by atoms with Crippen molar-refractivity contribution in [3.05, 3.63) is 64.5 Å². The van der Waals surface area contributed by atoms with E-state index in [1.807, 2.05) is 48.8 Å². The van der Waals surface area contributed by atoms with Crippen molar-refractivity contribution in [1.29, 1.82) is 0 Å². The van der Waals surface area contributed by atoms with E-state index < -0.39 is 0 Å². The highest BCUT2D eigenvalue weighted by Crippen LogP contribution is 2.29. The topological polar surface area (TPSA) is 54.0 Å². The molecule has 0 spiro atoms. The average molecular weight is 415 g/mol. The lowest BCUT2D eigenvalue weighted by molar-refractivity contribution is 0.231. The Morgan fingerprint density at radius 3 is 2.87 bits per heavy atom. The summed E-state index contributed by atoms with van der Waals surface area (Å²) in [6.07, 6.45) is 6.54. The van der Waals surface area contributed by atoms with Crippen LogP contribution in [-0.4, -0.2) is 46.5 Å². The minimum Gasteiger partial charge on any atom is -0.422 e. The molecule has 158 valence electrons. The van der Waals surface area contributed by atoms with Gasteiger partial charge in [-0.3, -0.25) is 9.88 Å². The Kier molecular flexibility index (Phi) is 4.18. The van der Waals surface area contributed by atoms with E-state index in [2.05, 4.69) is 26.9 Å². The number of aromatic nitrogens is 2. The first-order valence-corrected chi connectivity index (χ1v) is 11.1. The molecule has 0 radical (unpaired) electrons. The molecular formula is C25H26N4O2. The summed E-state index contributed by atoms with van der Waals surface area (Å²) in [5, 5.41) is 0.944. The molecule has 1 aromatic carbocycles. The van der Waals surface area contributed by atoms with Gasteiger partial charge in [0.1, 0.15) is 5.58 Å². The highest BCUT2D eigenvalue weighted by Gasteiger charge is 2.30. The van der Waals surface area contributed by atoms with Crippen LogP contribution in [0.1, 0.15) is 24.2 Å². The van der Waals surface area contributed by atoms with Gasteiger partial charge in [0.15, 0.2) is 0 Å². The second kappa shape index (κ2) is 6.95. The molecule has 0 amide bonds. The average Bonchev–Trinajstić information content (AvgIpc) is 3.39. The second-order valence-electron chi connectivity index (χ2n) is 8.94. The van der Waals surface area contributed by atoms with Crippen LogP contribution >= 0.6 is 0 Å². The Morgan fingerprint density at radius 1 is 1.06 bits per heavy atom. The fourth-order valence-corrected chi connectivity index (χ4v) is 5.30. The maximum Gasteiger partial charge on any atom is 0.344 e. The lowest BCUT2D eigenvalue weighted by atomic mass is 10.1. The molecule has 6 rings (SSSR count). The van der Waals surface area contributed by atoms with E-state index >= 15 is 0 Å². The van der Waals surface area contributed by atoms with Crippen molar-refractivity contribution in [1.82, 2.24) is 14.3 Å². The van der Waals surface area contributed by atoms with Crippen LogP contribution in [-0.2, 0) is 0 Å². The summed E-state index contributed by atoms with van der Waals surface area (Å²) >= 11 is 0. The van der Waals surface area contributed by atoms with Crippen LogP contribution in [0.2, 0.25) is 0 Å². The van der Waals surface area contributed by atoms with E-state index in [1.54, 1.807) is 0 Å². The van der Waals surface area contributed by atoms with E-state index in [0.717, 1.165) is 53.2 Å². The summed E-state index contributed by atoms with van der Waals surface area (Å²) in [5.74, 6) is 0. The quantitative estimate of drug-likeness (QED) is 0.464. The first-order chi connectivity index (χ1) is 15.0. The van der Waals surface area contributed by atoms with Crippen molar-refractivity contribution in [3.8, 4) is 11.1 Å². The summed E-state index contributed by atoms with van der Waals surface area (Å²) in [6.45, 7) is 8.38. The van der Waals surface area contributed by atoms with Gasteiger partial charge in [0, 0.05) is 60.8 Å². The molecule has 0 saturated carbocycles. The third-order valence-corrected chi connectivity index (χ3v) is 6.87. The summed E-state index contributed by atoms with van der Waals surface area (Å²) in [4.78, 5) is 22.4. The Morgan fingerprint density at radius 2 is 1.97 bits per heavy atom. The number of hydrogen-bond donors (Lipinski definition) is 0. The highest BCUT2D eigenvalue weighted by atomic mass is 16.4. The van der Waals surface area contributed by atoms with Crippen molar-refractivity contribution in [3.63, 3.8) is 0 Å². The number of hydrogen-bond acceptors (Lipinski definition) is 5. The number of rotatable bonds is 2. The van der Waals surface area contributed by atoms with Gasteiger partial charge < -0.3 is 13.7 Å². The molecule has 6 heteroatoms. The van der Waals surface area contributed by atoms with Gasteiger partial charge in [0.25, 0.3) is 0 Å². The number of anilines is 1. The molecule has 4 aromatic rings. The van der Waals surface area contributed by atoms with Crippen LogP contribution in [0, 0.1) is 13.8 Å².